The number of benzene rings is 3. The molecular formula is C25H23IN4O. The molecule has 0 unspecified atom stereocenters. The molecule has 0 saturated carbocycles. The van der Waals surface area contributed by atoms with Gasteiger partial charge in [0, 0.05) is 58.3 Å². The Morgan fingerprint density at radius 1 is 1.13 bits per heavy atom. The topological polar surface area (TPSA) is 50.2 Å². The second-order valence-electron chi connectivity index (χ2n) is 7.91. The standard InChI is InChI=1S/C25H23IN4O/c1-27-25(31)18-9-8-16-5-3-7-23(21(16)12-18)30-10-4-6-17-11-20(22(26)13-24(17)30)19-14-28-29(2)15-19/h3,5,7-9,11-15H,4,6,10H2,1-2H3,(H,27,31). The van der Waals surface area contributed by atoms with Crippen LogP contribution in [0.15, 0.2) is 60.9 Å². The molecule has 0 bridgehead atoms. The minimum Gasteiger partial charge on any atom is -0.355 e. The number of rotatable bonds is 3. The van der Waals surface area contributed by atoms with Gasteiger partial charge in [0.05, 0.1) is 6.20 Å². The number of nitrogens with zero attached hydrogens (tertiary/aromatic N) is 3. The Morgan fingerprint density at radius 3 is 2.77 bits per heavy atom. The van der Waals surface area contributed by atoms with Crippen molar-refractivity contribution in [2.45, 2.75) is 12.8 Å². The molecule has 4 aromatic rings. The number of hydrogen-bond acceptors (Lipinski definition) is 3. The van der Waals surface area contributed by atoms with Gasteiger partial charge < -0.3 is 10.2 Å². The first-order valence-corrected chi connectivity index (χ1v) is 11.5. The van der Waals surface area contributed by atoms with Crippen LogP contribution >= 0.6 is 22.6 Å². The molecule has 0 fully saturated rings. The van der Waals surface area contributed by atoms with Gasteiger partial charge >= 0.3 is 0 Å². The number of nitrogens with one attached hydrogen (secondary N) is 1. The molecule has 3 aromatic carbocycles. The van der Waals surface area contributed by atoms with Gasteiger partial charge in [-0.15, -0.1) is 0 Å². The zero-order valence-corrected chi connectivity index (χ0v) is 19.7. The highest BCUT2D eigenvalue weighted by Crippen LogP contribution is 2.41. The highest BCUT2D eigenvalue weighted by atomic mass is 127. The first kappa shape index (κ1) is 20.1. The number of amides is 1. The van der Waals surface area contributed by atoms with Crippen molar-refractivity contribution < 1.29 is 4.79 Å². The van der Waals surface area contributed by atoms with Crippen molar-refractivity contribution in [1.82, 2.24) is 15.1 Å². The summed E-state index contributed by atoms with van der Waals surface area (Å²) in [5.74, 6) is -0.0635. The van der Waals surface area contributed by atoms with Gasteiger partial charge in [-0.1, -0.05) is 18.2 Å². The van der Waals surface area contributed by atoms with Crippen molar-refractivity contribution in [3.63, 3.8) is 0 Å². The van der Waals surface area contributed by atoms with Gasteiger partial charge in [-0.3, -0.25) is 9.48 Å². The molecular weight excluding hydrogens is 499 g/mol. The lowest BCUT2D eigenvalue weighted by molar-refractivity contribution is 0.0963. The summed E-state index contributed by atoms with van der Waals surface area (Å²) in [6.45, 7) is 0.957. The zero-order valence-electron chi connectivity index (χ0n) is 17.5. The number of aryl methyl sites for hydroxylation is 2. The van der Waals surface area contributed by atoms with Crippen LogP contribution in [0.3, 0.4) is 0 Å². The molecule has 5 nitrogen and oxygen atoms in total. The van der Waals surface area contributed by atoms with Crippen LogP contribution in [0.25, 0.3) is 21.9 Å². The maximum atomic E-state index is 12.2. The number of anilines is 2. The maximum Gasteiger partial charge on any atom is 0.251 e. The molecule has 5 rings (SSSR count). The monoisotopic (exact) mass is 522 g/mol. The average molecular weight is 522 g/mol. The quantitative estimate of drug-likeness (QED) is 0.372. The number of aromatic nitrogens is 2. The predicted molar refractivity (Wildman–Crippen MR) is 134 cm³/mol. The van der Waals surface area contributed by atoms with Gasteiger partial charge in [0.25, 0.3) is 5.91 Å². The van der Waals surface area contributed by atoms with Gasteiger partial charge in [0.2, 0.25) is 0 Å². The van der Waals surface area contributed by atoms with Gasteiger partial charge in [-0.25, -0.2) is 0 Å². The summed E-state index contributed by atoms with van der Waals surface area (Å²) in [6.07, 6.45) is 6.14. The Hall–Kier alpha value is -2.87. The summed E-state index contributed by atoms with van der Waals surface area (Å²) < 4.78 is 3.06. The molecule has 0 spiro atoms. The lowest BCUT2D eigenvalue weighted by Crippen LogP contribution is -2.25. The van der Waals surface area contributed by atoms with Crippen LogP contribution in [0.2, 0.25) is 0 Å². The first-order chi connectivity index (χ1) is 15.0. The molecule has 0 aliphatic carbocycles. The van der Waals surface area contributed by atoms with E-state index in [1.54, 1.807) is 7.05 Å². The number of fused-ring (bicyclic) bond motifs is 2. The maximum absolute atomic E-state index is 12.2. The van der Waals surface area contributed by atoms with Crippen LogP contribution in [0.5, 0.6) is 0 Å². The van der Waals surface area contributed by atoms with E-state index in [0.717, 1.165) is 41.4 Å². The Morgan fingerprint density at radius 2 is 2.00 bits per heavy atom. The predicted octanol–water partition coefficient (Wildman–Crippen LogP) is 5.29. The molecule has 0 atom stereocenters. The van der Waals surface area contributed by atoms with E-state index in [9.17, 15) is 4.79 Å². The van der Waals surface area contributed by atoms with Crippen molar-refractivity contribution in [3.8, 4) is 11.1 Å². The van der Waals surface area contributed by atoms with Gasteiger partial charge in [-0.05, 0) is 82.3 Å². The third kappa shape index (κ3) is 3.59. The number of carbonyl (C=O) groups is 1. The second kappa shape index (κ2) is 8.00. The van der Waals surface area contributed by atoms with E-state index in [1.807, 2.05) is 36.1 Å². The average Bonchev–Trinajstić information content (AvgIpc) is 3.23. The fourth-order valence-electron chi connectivity index (χ4n) is 4.42. The molecule has 0 radical (unpaired) electrons. The Balaban J connectivity index is 1.64. The second-order valence-corrected chi connectivity index (χ2v) is 9.07. The van der Waals surface area contributed by atoms with Crippen molar-refractivity contribution in [3.05, 3.63) is 75.6 Å². The number of carbonyl (C=O) groups excluding carboxylic acids is 1. The van der Waals surface area contributed by atoms with Crippen molar-refractivity contribution in [2.24, 2.45) is 7.05 Å². The van der Waals surface area contributed by atoms with E-state index in [2.05, 4.69) is 74.4 Å². The van der Waals surface area contributed by atoms with Crippen LogP contribution in [0.4, 0.5) is 11.4 Å². The molecule has 1 aliphatic rings. The fourth-order valence-corrected chi connectivity index (χ4v) is 5.18. The van der Waals surface area contributed by atoms with Gasteiger partial charge in [-0.2, -0.15) is 5.10 Å². The minimum absolute atomic E-state index is 0.0635. The Bertz CT molecular complexity index is 1310. The smallest absolute Gasteiger partial charge is 0.251 e. The molecule has 1 aromatic heterocycles. The molecule has 6 heteroatoms. The molecule has 1 N–H and O–H groups in total. The molecule has 2 heterocycles. The van der Waals surface area contributed by atoms with Crippen LogP contribution in [-0.4, -0.2) is 29.3 Å². The molecule has 1 amide bonds. The number of halogens is 1. The van der Waals surface area contributed by atoms with E-state index in [-0.39, 0.29) is 5.91 Å². The summed E-state index contributed by atoms with van der Waals surface area (Å²) in [5.41, 5.74) is 6.81. The molecule has 31 heavy (non-hydrogen) atoms. The van der Waals surface area contributed by atoms with Crippen molar-refractivity contribution in [2.75, 3.05) is 18.5 Å². The van der Waals surface area contributed by atoms with Crippen LogP contribution in [0, 0.1) is 3.57 Å². The largest absolute Gasteiger partial charge is 0.355 e. The Labute approximate surface area is 195 Å². The summed E-state index contributed by atoms with van der Waals surface area (Å²) in [5, 5.41) is 9.31. The van der Waals surface area contributed by atoms with E-state index >= 15 is 0 Å². The lowest BCUT2D eigenvalue weighted by atomic mass is 9.95. The van der Waals surface area contributed by atoms with Crippen LogP contribution in [-0.2, 0) is 13.5 Å². The van der Waals surface area contributed by atoms with E-state index in [1.165, 1.54) is 20.4 Å². The SMILES string of the molecule is CNC(=O)c1ccc2cccc(N3CCCc4cc(-c5cnn(C)c5)c(I)cc43)c2c1. The molecule has 156 valence electrons. The van der Waals surface area contributed by atoms with Crippen molar-refractivity contribution >= 4 is 50.6 Å². The highest BCUT2D eigenvalue weighted by molar-refractivity contribution is 14.1. The summed E-state index contributed by atoms with van der Waals surface area (Å²) in [4.78, 5) is 14.6. The first-order valence-electron chi connectivity index (χ1n) is 10.4. The van der Waals surface area contributed by atoms with Crippen LogP contribution in [0.1, 0.15) is 22.3 Å². The van der Waals surface area contributed by atoms with Gasteiger partial charge in [0.15, 0.2) is 0 Å². The van der Waals surface area contributed by atoms with E-state index in [4.69, 9.17) is 0 Å². The van der Waals surface area contributed by atoms with Crippen molar-refractivity contribution in [1.29, 1.82) is 0 Å². The summed E-state index contributed by atoms with van der Waals surface area (Å²) in [6, 6.07) is 16.9. The lowest BCUT2D eigenvalue weighted by Gasteiger charge is -2.33. The Kier molecular flexibility index (Phi) is 5.17. The summed E-state index contributed by atoms with van der Waals surface area (Å²) in [7, 11) is 3.62. The summed E-state index contributed by atoms with van der Waals surface area (Å²) >= 11 is 2.43. The minimum atomic E-state index is -0.0635. The highest BCUT2D eigenvalue weighted by Gasteiger charge is 2.22. The van der Waals surface area contributed by atoms with E-state index < -0.39 is 0 Å². The number of hydrogen-bond donors (Lipinski definition) is 1. The zero-order chi connectivity index (χ0) is 21.5. The van der Waals surface area contributed by atoms with E-state index in [0.29, 0.717) is 5.56 Å². The molecule has 1 aliphatic heterocycles. The normalized spacial score (nSPS) is 13.3. The third-order valence-electron chi connectivity index (χ3n) is 5.94. The van der Waals surface area contributed by atoms with Crippen LogP contribution < -0.4 is 10.2 Å². The third-order valence-corrected chi connectivity index (χ3v) is 6.83. The fraction of sp³-hybridized carbons (Fsp3) is 0.200. The van der Waals surface area contributed by atoms with Gasteiger partial charge in [0.1, 0.15) is 0 Å². The molecule has 0 saturated heterocycles.